The summed E-state index contributed by atoms with van der Waals surface area (Å²) in [4.78, 5) is 2.62. The van der Waals surface area contributed by atoms with Crippen molar-refractivity contribution in [1.29, 1.82) is 0 Å². The molecule has 2 heterocycles. The normalized spacial score (nSPS) is 11.6. The lowest BCUT2D eigenvalue weighted by Gasteiger charge is -2.05. The Morgan fingerprint density at radius 1 is 0.250 bits per heavy atom. The van der Waals surface area contributed by atoms with Crippen molar-refractivity contribution in [2.45, 2.75) is 0 Å². The van der Waals surface area contributed by atoms with E-state index in [1.807, 2.05) is 22.7 Å². The van der Waals surface area contributed by atoms with Crippen LogP contribution in [0.25, 0.3) is 84.9 Å². The Bertz CT molecular complexity index is 2250. The third-order valence-electron chi connectivity index (χ3n) is 8.66. The maximum absolute atomic E-state index is 2.37. The Morgan fingerprint density at radius 3 is 1.05 bits per heavy atom. The van der Waals surface area contributed by atoms with Gasteiger partial charge in [0.15, 0.2) is 0 Å². The van der Waals surface area contributed by atoms with Crippen LogP contribution in [0.4, 0.5) is 0 Å². The Balaban J connectivity index is 0.985. The van der Waals surface area contributed by atoms with Crippen LogP contribution >= 0.6 is 22.7 Å². The van der Waals surface area contributed by atoms with Crippen molar-refractivity contribution < 1.29 is 0 Å². The Morgan fingerprint density at radius 2 is 0.614 bits per heavy atom. The summed E-state index contributed by atoms with van der Waals surface area (Å²) in [5, 5.41) is 7.74. The summed E-state index contributed by atoms with van der Waals surface area (Å²) in [7, 11) is 0. The third-order valence-corrected chi connectivity index (χ3v) is 11.0. The molecular formula is C42H26S2. The zero-order valence-electron chi connectivity index (χ0n) is 23.8. The molecule has 0 nitrogen and oxygen atoms in total. The van der Waals surface area contributed by atoms with Crippen LogP contribution in [0.5, 0.6) is 0 Å². The fourth-order valence-corrected chi connectivity index (χ4v) is 8.44. The number of fused-ring (bicyclic) bond motifs is 4. The maximum atomic E-state index is 2.37. The molecule has 0 aliphatic rings. The maximum Gasteiger partial charge on any atom is 0.0356 e. The molecule has 0 radical (unpaired) electrons. The van der Waals surface area contributed by atoms with Crippen LogP contribution in [0.2, 0.25) is 0 Å². The van der Waals surface area contributed by atoms with Gasteiger partial charge in [0.25, 0.3) is 0 Å². The Kier molecular flexibility index (Phi) is 5.97. The van der Waals surface area contributed by atoms with Crippen LogP contribution in [0.3, 0.4) is 0 Å². The van der Waals surface area contributed by atoms with E-state index in [1.54, 1.807) is 0 Å². The highest BCUT2D eigenvalue weighted by molar-refractivity contribution is 7.23. The van der Waals surface area contributed by atoms with Crippen molar-refractivity contribution in [2.75, 3.05) is 0 Å². The van der Waals surface area contributed by atoms with Gasteiger partial charge in [-0.2, -0.15) is 0 Å². The van der Waals surface area contributed by atoms with Crippen molar-refractivity contribution in [1.82, 2.24) is 0 Å². The van der Waals surface area contributed by atoms with Gasteiger partial charge in [0.1, 0.15) is 0 Å². The number of thiophene rings is 2. The van der Waals surface area contributed by atoms with Crippen LogP contribution < -0.4 is 0 Å². The first kappa shape index (κ1) is 25.5. The molecule has 2 heteroatoms. The molecule has 0 aliphatic heterocycles. The zero-order chi connectivity index (χ0) is 29.0. The van der Waals surface area contributed by atoms with Crippen LogP contribution in [0.1, 0.15) is 0 Å². The first-order valence-corrected chi connectivity index (χ1v) is 16.5. The van der Waals surface area contributed by atoms with Crippen LogP contribution in [0, 0.1) is 0 Å². The van der Waals surface area contributed by atoms with E-state index in [0.717, 1.165) is 0 Å². The predicted octanol–water partition coefficient (Wildman–Crippen LogP) is 13.1. The Hall–Kier alpha value is -5.02. The summed E-state index contributed by atoms with van der Waals surface area (Å²) in [6.07, 6.45) is 0. The summed E-state index contributed by atoms with van der Waals surface area (Å²) < 4.78 is 2.67. The summed E-state index contributed by atoms with van der Waals surface area (Å²) in [6.45, 7) is 0. The van der Waals surface area contributed by atoms with Crippen LogP contribution in [-0.4, -0.2) is 0 Å². The second-order valence-corrected chi connectivity index (χ2v) is 13.6. The average Bonchev–Trinajstić information content (AvgIpc) is 3.70. The number of benzene rings is 7. The molecule has 0 fully saturated rings. The molecular weight excluding hydrogens is 569 g/mol. The van der Waals surface area contributed by atoms with E-state index in [1.165, 1.54) is 84.9 Å². The number of rotatable bonds is 4. The van der Waals surface area contributed by atoms with Gasteiger partial charge in [-0.05, 0) is 102 Å². The molecule has 7 aromatic carbocycles. The van der Waals surface area contributed by atoms with E-state index in [-0.39, 0.29) is 0 Å². The first-order valence-electron chi connectivity index (χ1n) is 14.9. The van der Waals surface area contributed by atoms with E-state index in [2.05, 4.69) is 158 Å². The molecule has 9 rings (SSSR count). The minimum atomic E-state index is 1.25. The smallest absolute Gasteiger partial charge is 0.0356 e. The molecule has 0 amide bonds. The zero-order valence-corrected chi connectivity index (χ0v) is 25.5. The Labute approximate surface area is 264 Å². The van der Waals surface area contributed by atoms with Gasteiger partial charge < -0.3 is 0 Å². The highest BCUT2D eigenvalue weighted by Crippen LogP contribution is 2.41. The molecule has 2 aromatic heterocycles. The van der Waals surface area contributed by atoms with Gasteiger partial charge in [-0.3, -0.25) is 0 Å². The summed E-state index contributed by atoms with van der Waals surface area (Å²) in [5.74, 6) is 0. The topological polar surface area (TPSA) is 0 Å². The average molecular weight is 595 g/mol. The third kappa shape index (κ3) is 4.51. The fraction of sp³-hybridized carbons (Fsp3) is 0. The van der Waals surface area contributed by atoms with Gasteiger partial charge in [0.2, 0.25) is 0 Å². The molecule has 0 N–H and O–H groups in total. The van der Waals surface area contributed by atoms with Crippen molar-refractivity contribution in [3.63, 3.8) is 0 Å². The monoisotopic (exact) mass is 594 g/mol. The number of hydrogen-bond donors (Lipinski definition) is 0. The van der Waals surface area contributed by atoms with Gasteiger partial charge >= 0.3 is 0 Å². The van der Waals surface area contributed by atoms with E-state index >= 15 is 0 Å². The van der Waals surface area contributed by atoms with E-state index in [0.29, 0.717) is 0 Å². The highest BCUT2D eigenvalue weighted by atomic mass is 32.1. The second kappa shape index (κ2) is 10.3. The van der Waals surface area contributed by atoms with E-state index < -0.39 is 0 Å². The molecule has 0 unspecified atom stereocenters. The number of hydrogen-bond acceptors (Lipinski definition) is 2. The van der Waals surface area contributed by atoms with Gasteiger partial charge in [-0.15, -0.1) is 22.7 Å². The van der Waals surface area contributed by atoms with Gasteiger partial charge in [-0.25, -0.2) is 0 Å². The van der Waals surface area contributed by atoms with E-state index in [4.69, 9.17) is 0 Å². The van der Waals surface area contributed by atoms with E-state index in [9.17, 15) is 0 Å². The molecule has 0 atom stereocenters. The highest BCUT2D eigenvalue weighted by Gasteiger charge is 2.11. The molecule has 9 aromatic rings. The lowest BCUT2D eigenvalue weighted by atomic mass is 10.00. The standard InChI is InChI=1S/C42H26S2/c1-3-7-33-21-35(19-13-27(33)5-1)29-9-15-31(16-10-29)39-23-37-25-42-38(26-41(37)43-39)24-40(44-42)32-17-11-30(12-18-32)36-20-14-28-6-2-4-8-34(28)22-36/h1-26H. The molecule has 206 valence electrons. The molecule has 44 heavy (non-hydrogen) atoms. The van der Waals surface area contributed by atoms with Gasteiger partial charge in [0, 0.05) is 19.2 Å². The second-order valence-electron chi connectivity index (χ2n) is 11.4. The molecule has 0 saturated heterocycles. The van der Waals surface area contributed by atoms with Crippen LogP contribution in [-0.2, 0) is 0 Å². The van der Waals surface area contributed by atoms with Crippen LogP contribution in [0.15, 0.2) is 158 Å². The lowest BCUT2D eigenvalue weighted by Crippen LogP contribution is -1.80. The predicted molar refractivity (Wildman–Crippen MR) is 194 cm³/mol. The summed E-state index contributed by atoms with van der Waals surface area (Å²) in [5.41, 5.74) is 7.55. The largest absolute Gasteiger partial charge is 0.135 e. The summed E-state index contributed by atoms with van der Waals surface area (Å²) >= 11 is 3.76. The lowest BCUT2D eigenvalue weighted by molar-refractivity contribution is 1.64. The minimum absolute atomic E-state index is 1.25. The quantitative estimate of drug-likeness (QED) is 0.190. The minimum Gasteiger partial charge on any atom is -0.135 e. The fourth-order valence-electron chi connectivity index (χ4n) is 6.25. The van der Waals surface area contributed by atoms with Crippen molar-refractivity contribution in [2.24, 2.45) is 0 Å². The SMILES string of the molecule is c1ccc2cc(-c3ccc(-c4cc5cc6sc(-c7ccc(-c8ccc9ccccc9c8)cc7)cc6cc5s4)cc3)ccc2c1. The van der Waals surface area contributed by atoms with Crippen molar-refractivity contribution in [3.8, 4) is 43.1 Å². The first-order chi connectivity index (χ1) is 21.7. The van der Waals surface area contributed by atoms with Gasteiger partial charge in [-0.1, -0.05) is 121 Å². The van der Waals surface area contributed by atoms with Gasteiger partial charge in [0.05, 0.1) is 0 Å². The molecule has 0 saturated carbocycles. The van der Waals surface area contributed by atoms with Crippen molar-refractivity contribution >= 4 is 64.4 Å². The molecule has 0 spiro atoms. The molecule has 0 bridgehead atoms. The van der Waals surface area contributed by atoms with Crippen molar-refractivity contribution in [3.05, 3.63) is 158 Å². The molecule has 0 aliphatic carbocycles. The summed E-state index contributed by atoms with van der Waals surface area (Å²) in [6, 6.07) is 58.0.